The average Bonchev–Trinajstić information content (AvgIpc) is 2.59. The molecule has 0 atom stereocenters. The molecule has 1 aromatic rings. The van der Waals surface area contributed by atoms with Crippen molar-refractivity contribution in [2.45, 2.75) is 19.3 Å². The topological polar surface area (TPSA) is 68.8 Å². The van der Waals surface area contributed by atoms with Crippen molar-refractivity contribution >= 4 is 0 Å². The van der Waals surface area contributed by atoms with Gasteiger partial charge in [0.15, 0.2) is 0 Å². The molecule has 0 aliphatic rings. The summed E-state index contributed by atoms with van der Waals surface area (Å²) >= 11 is 0. The van der Waals surface area contributed by atoms with E-state index in [0.717, 1.165) is 0 Å². The molecule has 86 valence electrons. The van der Waals surface area contributed by atoms with Crippen LogP contribution in [0.5, 0.6) is 0 Å². The van der Waals surface area contributed by atoms with Crippen molar-refractivity contribution in [3.05, 3.63) is 11.9 Å². The van der Waals surface area contributed by atoms with Crippen LogP contribution < -0.4 is 11.1 Å². The van der Waals surface area contributed by atoms with Gasteiger partial charge in [0.1, 0.15) is 0 Å². The van der Waals surface area contributed by atoms with Gasteiger partial charge in [0, 0.05) is 19.3 Å². The molecule has 0 radical (unpaired) electrons. The molecule has 0 saturated heterocycles. The maximum Gasteiger partial charge on any atom is 0.401 e. The van der Waals surface area contributed by atoms with Gasteiger partial charge in [-0.25, -0.2) is 0 Å². The van der Waals surface area contributed by atoms with Gasteiger partial charge in [-0.05, 0) is 0 Å². The van der Waals surface area contributed by atoms with Crippen LogP contribution in [-0.4, -0.2) is 34.3 Å². The Hall–Kier alpha value is -1.15. The van der Waals surface area contributed by atoms with Gasteiger partial charge in [-0.15, -0.1) is 5.10 Å². The SMILES string of the molecule is NCc1cn(CCNCC(F)(F)F)nn1. The molecule has 15 heavy (non-hydrogen) atoms. The maximum absolute atomic E-state index is 11.7. The van der Waals surface area contributed by atoms with E-state index in [2.05, 4.69) is 15.6 Å². The molecule has 0 amide bonds. The highest BCUT2D eigenvalue weighted by atomic mass is 19.4. The van der Waals surface area contributed by atoms with E-state index < -0.39 is 12.7 Å². The molecule has 0 fully saturated rings. The van der Waals surface area contributed by atoms with Gasteiger partial charge in [0.25, 0.3) is 0 Å². The molecule has 0 spiro atoms. The largest absolute Gasteiger partial charge is 0.401 e. The lowest BCUT2D eigenvalue weighted by atomic mass is 10.5. The number of hydrogen-bond donors (Lipinski definition) is 2. The minimum absolute atomic E-state index is 0.187. The molecular weight excluding hydrogens is 211 g/mol. The van der Waals surface area contributed by atoms with Crippen molar-refractivity contribution in [2.24, 2.45) is 5.73 Å². The van der Waals surface area contributed by atoms with Crippen LogP contribution in [0, 0.1) is 0 Å². The van der Waals surface area contributed by atoms with Crippen molar-refractivity contribution < 1.29 is 13.2 Å². The molecule has 1 heterocycles. The molecule has 0 aliphatic heterocycles. The van der Waals surface area contributed by atoms with Gasteiger partial charge >= 0.3 is 6.18 Å². The zero-order valence-corrected chi connectivity index (χ0v) is 7.96. The van der Waals surface area contributed by atoms with Gasteiger partial charge in [0.05, 0.1) is 18.8 Å². The highest BCUT2D eigenvalue weighted by molar-refractivity contribution is 4.90. The first-order valence-electron chi connectivity index (χ1n) is 4.38. The number of nitrogens with zero attached hydrogens (tertiary/aromatic N) is 3. The lowest BCUT2D eigenvalue weighted by molar-refractivity contribution is -0.124. The molecule has 1 rings (SSSR count). The fraction of sp³-hybridized carbons (Fsp3) is 0.714. The summed E-state index contributed by atoms with van der Waals surface area (Å²) in [5.74, 6) is 0. The van der Waals surface area contributed by atoms with Crippen LogP contribution in [0.1, 0.15) is 5.69 Å². The zero-order chi connectivity index (χ0) is 11.3. The number of halogens is 3. The van der Waals surface area contributed by atoms with Gasteiger partial charge in [-0.3, -0.25) is 4.68 Å². The molecule has 0 saturated carbocycles. The monoisotopic (exact) mass is 223 g/mol. The van der Waals surface area contributed by atoms with E-state index in [4.69, 9.17) is 5.73 Å². The fourth-order valence-corrected chi connectivity index (χ4v) is 0.965. The number of rotatable bonds is 5. The number of nitrogens with one attached hydrogen (secondary N) is 1. The number of alkyl halides is 3. The summed E-state index contributed by atoms with van der Waals surface area (Å²) in [7, 11) is 0. The van der Waals surface area contributed by atoms with Crippen LogP contribution in [0.2, 0.25) is 0 Å². The summed E-state index contributed by atoms with van der Waals surface area (Å²) in [6.07, 6.45) is -2.57. The Morgan fingerprint density at radius 1 is 1.47 bits per heavy atom. The van der Waals surface area contributed by atoms with E-state index in [-0.39, 0.29) is 13.1 Å². The Morgan fingerprint density at radius 3 is 2.73 bits per heavy atom. The lowest BCUT2D eigenvalue weighted by Crippen LogP contribution is -2.31. The summed E-state index contributed by atoms with van der Waals surface area (Å²) in [4.78, 5) is 0. The molecule has 0 aliphatic carbocycles. The number of nitrogens with two attached hydrogens (primary N) is 1. The Kier molecular flexibility index (Phi) is 4.04. The van der Waals surface area contributed by atoms with Crippen molar-refractivity contribution in [3.63, 3.8) is 0 Å². The molecule has 5 nitrogen and oxygen atoms in total. The first kappa shape index (κ1) is 11.9. The van der Waals surface area contributed by atoms with Gasteiger partial charge < -0.3 is 11.1 Å². The third-order valence-electron chi connectivity index (χ3n) is 1.64. The second-order valence-corrected chi connectivity index (χ2v) is 2.97. The summed E-state index contributed by atoms with van der Waals surface area (Å²) in [5.41, 5.74) is 5.91. The summed E-state index contributed by atoms with van der Waals surface area (Å²) in [5, 5.41) is 9.64. The van der Waals surface area contributed by atoms with Gasteiger partial charge in [0.2, 0.25) is 0 Å². The van der Waals surface area contributed by atoms with Crippen LogP contribution in [-0.2, 0) is 13.1 Å². The minimum Gasteiger partial charge on any atom is -0.325 e. The standard InChI is InChI=1S/C7H12F3N5/c8-7(9,10)5-12-1-2-15-4-6(3-11)13-14-15/h4,12H,1-3,5,11H2. The second-order valence-electron chi connectivity index (χ2n) is 2.97. The summed E-state index contributed by atoms with van der Waals surface area (Å²) in [6, 6.07) is 0. The highest BCUT2D eigenvalue weighted by Crippen LogP contribution is 2.11. The quantitative estimate of drug-likeness (QED) is 0.683. The predicted molar refractivity (Wildman–Crippen MR) is 46.8 cm³/mol. The fourth-order valence-electron chi connectivity index (χ4n) is 0.965. The third kappa shape index (κ3) is 4.75. The van der Waals surface area contributed by atoms with Crippen molar-refractivity contribution in [3.8, 4) is 0 Å². The normalized spacial score (nSPS) is 12.0. The molecule has 1 aromatic heterocycles. The Balaban J connectivity index is 2.20. The summed E-state index contributed by atoms with van der Waals surface area (Å²) < 4.78 is 36.6. The van der Waals surface area contributed by atoms with E-state index in [1.165, 1.54) is 4.68 Å². The molecule has 0 bridgehead atoms. The first-order valence-corrected chi connectivity index (χ1v) is 4.38. The van der Waals surface area contributed by atoms with Crippen molar-refractivity contribution in [1.82, 2.24) is 20.3 Å². The zero-order valence-electron chi connectivity index (χ0n) is 7.96. The molecule has 3 N–H and O–H groups in total. The third-order valence-corrected chi connectivity index (χ3v) is 1.64. The van der Waals surface area contributed by atoms with Crippen LogP contribution in [0.4, 0.5) is 13.2 Å². The molecule has 8 heteroatoms. The number of aromatic nitrogens is 3. The van der Waals surface area contributed by atoms with Gasteiger partial charge in [-0.2, -0.15) is 13.2 Å². The minimum atomic E-state index is -4.18. The average molecular weight is 223 g/mol. The predicted octanol–water partition coefficient (Wildman–Crippen LogP) is -0.111. The first-order chi connectivity index (χ1) is 7.01. The molecule has 0 aromatic carbocycles. The second kappa shape index (κ2) is 5.08. The van der Waals surface area contributed by atoms with E-state index >= 15 is 0 Å². The Labute approximate surface area is 84.4 Å². The maximum atomic E-state index is 11.7. The van der Waals surface area contributed by atoms with Crippen molar-refractivity contribution in [2.75, 3.05) is 13.1 Å². The van der Waals surface area contributed by atoms with E-state index in [1.54, 1.807) is 6.20 Å². The van der Waals surface area contributed by atoms with Crippen molar-refractivity contribution in [1.29, 1.82) is 0 Å². The molecular formula is C7H12F3N5. The highest BCUT2D eigenvalue weighted by Gasteiger charge is 2.25. The smallest absolute Gasteiger partial charge is 0.325 e. The Bertz CT molecular complexity index is 295. The van der Waals surface area contributed by atoms with Gasteiger partial charge in [-0.1, -0.05) is 5.21 Å². The van der Waals surface area contributed by atoms with E-state index in [0.29, 0.717) is 12.2 Å². The van der Waals surface area contributed by atoms with Crippen LogP contribution in [0.15, 0.2) is 6.20 Å². The Morgan fingerprint density at radius 2 is 2.20 bits per heavy atom. The van der Waals surface area contributed by atoms with E-state index in [9.17, 15) is 13.2 Å². The summed E-state index contributed by atoms with van der Waals surface area (Å²) in [6.45, 7) is -0.197. The van der Waals surface area contributed by atoms with Crippen LogP contribution in [0.25, 0.3) is 0 Å². The molecule has 0 unspecified atom stereocenters. The van der Waals surface area contributed by atoms with Crippen LogP contribution >= 0.6 is 0 Å². The van der Waals surface area contributed by atoms with Crippen LogP contribution in [0.3, 0.4) is 0 Å². The number of hydrogen-bond acceptors (Lipinski definition) is 4. The lowest BCUT2D eigenvalue weighted by Gasteiger charge is -2.07. The van der Waals surface area contributed by atoms with E-state index in [1.807, 2.05) is 0 Å².